The largest absolute Gasteiger partial charge is 0.373 e. The molecule has 0 bridgehead atoms. The molecule has 1 heterocycles. The molecule has 31 heavy (non-hydrogen) atoms. The Morgan fingerprint density at radius 1 is 0.968 bits per heavy atom. The van der Waals surface area contributed by atoms with Gasteiger partial charge in [-0.05, 0) is 42.7 Å². The lowest BCUT2D eigenvalue weighted by Gasteiger charge is -2.35. The fraction of sp³-hybridized carbons (Fsp3) is 0.280. The highest BCUT2D eigenvalue weighted by molar-refractivity contribution is 6.06. The number of nitrogens with one attached hydrogen (secondary N) is 1. The fourth-order valence-electron chi connectivity index (χ4n) is 3.64. The summed E-state index contributed by atoms with van der Waals surface area (Å²) in [7, 11) is 0. The molecule has 2 aromatic carbocycles. The summed E-state index contributed by atoms with van der Waals surface area (Å²) in [5, 5.41) is 8.48. The molecule has 0 radical (unpaired) electrons. The number of allylic oxidation sites excluding steroid dienone is 1. The first-order chi connectivity index (χ1) is 14.9. The van der Waals surface area contributed by atoms with Crippen LogP contribution in [0.5, 0.6) is 0 Å². The molecule has 0 spiro atoms. The van der Waals surface area contributed by atoms with Crippen molar-refractivity contribution in [2.24, 2.45) is 0 Å². The molecule has 0 unspecified atom stereocenters. The van der Waals surface area contributed by atoms with Crippen molar-refractivity contribution < 1.29 is 19.5 Å². The standard InChI is InChI=1S/C25H28N2O4/c1-18-15-27(16-19(2)31-18)17-22-7-11-23(12-8-22)24(28)13-9-20-3-5-21(6-4-20)10-14-25(29)26-30/h3-14,18-19,30H,15-17H2,1-2H3,(H,26,29)/b13-9+,14-10+/t18-,19+. The molecule has 1 saturated heterocycles. The third-order valence-corrected chi connectivity index (χ3v) is 5.04. The van der Waals surface area contributed by atoms with Gasteiger partial charge in [0, 0.05) is 31.3 Å². The molecule has 2 N–H and O–H groups in total. The van der Waals surface area contributed by atoms with E-state index in [0.29, 0.717) is 5.56 Å². The Labute approximate surface area is 182 Å². The molecule has 1 aliphatic heterocycles. The quantitative estimate of drug-likeness (QED) is 0.309. The molecular formula is C25H28N2O4. The molecule has 2 aromatic rings. The average Bonchev–Trinajstić information content (AvgIpc) is 2.76. The van der Waals surface area contributed by atoms with Crippen LogP contribution in [0.1, 0.15) is 40.9 Å². The summed E-state index contributed by atoms with van der Waals surface area (Å²) >= 11 is 0. The van der Waals surface area contributed by atoms with E-state index in [1.54, 1.807) is 23.7 Å². The molecule has 1 fully saturated rings. The fourth-order valence-corrected chi connectivity index (χ4v) is 3.64. The lowest BCUT2D eigenvalue weighted by atomic mass is 10.1. The van der Waals surface area contributed by atoms with Gasteiger partial charge in [-0.25, -0.2) is 5.48 Å². The highest BCUT2D eigenvalue weighted by atomic mass is 16.5. The van der Waals surface area contributed by atoms with E-state index in [1.165, 1.54) is 11.6 Å². The van der Waals surface area contributed by atoms with Crippen molar-refractivity contribution in [3.63, 3.8) is 0 Å². The predicted octanol–water partition coefficient (Wildman–Crippen LogP) is 3.71. The molecule has 2 atom stereocenters. The Kier molecular flexibility index (Phi) is 7.89. The van der Waals surface area contributed by atoms with Gasteiger partial charge in [0.25, 0.3) is 5.91 Å². The minimum absolute atomic E-state index is 0.0521. The number of hydrogen-bond donors (Lipinski definition) is 2. The van der Waals surface area contributed by atoms with Crippen molar-refractivity contribution in [1.82, 2.24) is 10.4 Å². The highest BCUT2D eigenvalue weighted by Gasteiger charge is 2.21. The van der Waals surface area contributed by atoms with Crippen LogP contribution >= 0.6 is 0 Å². The van der Waals surface area contributed by atoms with Crippen molar-refractivity contribution in [2.45, 2.75) is 32.6 Å². The van der Waals surface area contributed by atoms with E-state index in [-0.39, 0.29) is 18.0 Å². The summed E-state index contributed by atoms with van der Waals surface area (Å²) in [5.74, 6) is -0.640. The average molecular weight is 421 g/mol. The molecule has 1 aliphatic rings. The third-order valence-electron chi connectivity index (χ3n) is 5.04. The molecule has 1 amide bonds. The van der Waals surface area contributed by atoms with Crippen LogP contribution in [-0.4, -0.2) is 47.1 Å². The van der Waals surface area contributed by atoms with Gasteiger partial charge in [0.05, 0.1) is 12.2 Å². The van der Waals surface area contributed by atoms with Crippen molar-refractivity contribution in [3.8, 4) is 0 Å². The van der Waals surface area contributed by atoms with E-state index >= 15 is 0 Å². The maximum Gasteiger partial charge on any atom is 0.267 e. The zero-order valence-corrected chi connectivity index (χ0v) is 17.8. The number of carbonyl (C=O) groups excluding carboxylic acids is 2. The summed E-state index contributed by atoms with van der Waals surface area (Å²) in [5.41, 5.74) is 5.06. The summed E-state index contributed by atoms with van der Waals surface area (Å²) in [4.78, 5) is 25.9. The van der Waals surface area contributed by atoms with Gasteiger partial charge in [-0.2, -0.15) is 0 Å². The Balaban J connectivity index is 1.56. The van der Waals surface area contributed by atoms with E-state index in [2.05, 4.69) is 18.7 Å². The van der Waals surface area contributed by atoms with E-state index in [4.69, 9.17) is 9.94 Å². The van der Waals surface area contributed by atoms with Crippen LogP contribution in [-0.2, 0) is 16.1 Å². The molecule has 3 rings (SSSR count). The maximum absolute atomic E-state index is 12.5. The van der Waals surface area contributed by atoms with Crippen LogP contribution in [0.15, 0.2) is 60.7 Å². The van der Waals surface area contributed by atoms with Crippen molar-refractivity contribution in [1.29, 1.82) is 0 Å². The van der Waals surface area contributed by atoms with Crippen LogP contribution < -0.4 is 5.48 Å². The first kappa shape index (κ1) is 22.6. The molecule has 6 heteroatoms. The van der Waals surface area contributed by atoms with Gasteiger partial charge in [0.1, 0.15) is 0 Å². The van der Waals surface area contributed by atoms with Crippen molar-refractivity contribution in [2.75, 3.05) is 13.1 Å². The van der Waals surface area contributed by atoms with Crippen LogP contribution in [0.4, 0.5) is 0 Å². The second-order valence-corrected chi connectivity index (χ2v) is 7.82. The number of morpholine rings is 1. The zero-order valence-electron chi connectivity index (χ0n) is 17.8. The van der Waals surface area contributed by atoms with Crippen LogP contribution in [0.25, 0.3) is 12.2 Å². The predicted molar refractivity (Wildman–Crippen MR) is 120 cm³/mol. The monoisotopic (exact) mass is 420 g/mol. The van der Waals surface area contributed by atoms with Gasteiger partial charge in [-0.1, -0.05) is 54.6 Å². The SMILES string of the molecule is C[C@@H]1CN(Cc2ccc(C(=O)/C=C/c3ccc(/C=C/C(=O)NO)cc3)cc2)C[C@H](C)O1. The minimum atomic E-state index is -0.588. The molecule has 0 aromatic heterocycles. The van der Waals surface area contributed by atoms with Crippen molar-refractivity contribution in [3.05, 3.63) is 82.9 Å². The van der Waals surface area contributed by atoms with Crippen LogP contribution in [0, 0.1) is 0 Å². The second kappa shape index (κ2) is 10.8. The number of carbonyl (C=O) groups is 2. The van der Waals surface area contributed by atoms with E-state index in [0.717, 1.165) is 30.8 Å². The summed E-state index contributed by atoms with van der Waals surface area (Å²) in [6.07, 6.45) is 6.62. The Morgan fingerprint density at radius 3 is 2.06 bits per heavy atom. The molecule has 6 nitrogen and oxygen atoms in total. The second-order valence-electron chi connectivity index (χ2n) is 7.82. The van der Waals surface area contributed by atoms with E-state index in [9.17, 15) is 9.59 Å². The maximum atomic E-state index is 12.5. The van der Waals surface area contributed by atoms with E-state index in [1.807, 2.05) is 48.5 Å². The number of ketones is 1. The number of ether oxygens (including phenoxy) is 1. The van der Waals surface area contributed by atoms with Gasteiger partial charge in [0.2, 0.25) is 0 Å². The Hall–Kier alpha value is -3.06. The van der Waals surface area contributed by atoms with Crippen molar-refractivity contribution >= 4 is 23.8 Å². The first-order valence-corrected chi connectivity index (χ1v) is 10.3. The number of rotatable bonds is 7. The van der Waals surface area contributed by atoms with Crippen LogP contribution in [0.2, 0.25) is 0 Å². The first-order valence-electron chi connectivity index (χ1n) is 10.3. The highest BCUT2D eigenvalue weighted by Crippen LogP contribution is 2.15. The minimum Gasteiger partial charge on any atom is -0.373 e. The normalized spacial score (nSPS) is 19.7. The summed E-state index contributed by atoms with van der Waals surface area (Å²) < 4.78 is 5.78. The molecular weight excluding hydrogens is 392 g/mol. The number of hydroxylamine groups is 1. The zero-order chi connectivity index (χ0) is 22.2. The van der Waals surface area contributed by atoms with Crippen LogP contribution in [0.3, 0.4) is 0 Å². The number of hydrogen-bond acceptors (Lipinski definition) is 5. The lowest BCUT2D eigenvalue weighted by molar-refractivity contribution is -0.124. The lowest BCUT2D eigenvalue weighted by Crippen LogP contribution is -2.44. The Morgan fingerprint density at radius 2 is 1.52 bits per heavy atom. The molecule has 0 saturated carbocycles. The van der Waals surface area contributed by atoms with Gasteiger partial charge in [-0.3, -0.25) is 19.7 Å². The third kappa shape index (κ3) is 7.00. The topological polar surface area (TPSA) is 78.9 Å². The van der Waals surface area contributed by atoms with Gasteiger partial charge < -0.3 is 4.74 Å². The number of benzene rings is 2. The van der Waals surface area contributed by atoms with Gasteiger partial charge in [0.15, 0.2) is 5.78 Å². The van der Waals surface area contributed by atoms with Gasteiger partial charge in [-0.15, -0.1) is 0 Å². The smallest absolute Gasteiger partial charge is 0.267 e. The summed E-state index contributed by atoms with van der Waals surface area (Å²) in [6.45, 7) is 6.87. The summed E-state index contributed by atoms with van der Waals surface area (Å²) in [6, 6.07) is 15.1. The van der Waals surface area contributed by atoms with Gasteiger partial charge >= 0.3 is 0 Å². The van der Waals surface area contributed by atoms with E-state index < -0.39 is 5.91 Å². The Bertz CT molecular complexity index is 938. The number of nitrogens with zero attached hydrogens (tertiary/aromatic N) is 1. The number of amides is 1. The molecule has 162 valence electrons. The molecule has 0 aliphatic carbocycles.